The van der Waals surface area contributed by atoms with E-state index in [2.05, 4.69) is 30.5 Å². The normalized spacial score (nSPS) is 12.3. The number of rotatable bonds is 4. The third-order valence-electron chi connectivity index (χ3n) is 2.28. The molecule has 90 valence electrons. The van der Waals surface area contributed by atoms with Crippen LogP contribution in [0.5, 0.6) is 0 Å². The summed E-state index contributed by atoms with van der Waals surface area (Å²) in [6, 6.07) is -0.162. The summed E-state index contributed by atoms with van der Waals surface area (Å²) in [6.07, 6.45) is 4.04. The van der Waals surface area contributed by atoms with Gasteiger partial charge in [-0.25, -0.2) is 14.9 Å². The number of hydrogen-bond donors (Lipinski definition) is 4. The van der Waals surface area contributed by atoms with Crippen LogP contribution in [0.25, 0.3) is 0 Å². The molecule has 0 aliphatic heterocycles. The van der Waals surface area contributed by atoms with Gasteiger partial charge in [-0.2, -0.15) is 0 Å². The first-order valence-electron chi connectivity index (χ1n) is 5.15. The Morgan fingerprint density at radius 2 is 2.29 bits per heavy atom. The molecule has 17 heavy (non-hydrogen) atoms. The topological polar surface area (TPSA) is 119 Å². The van der Waals surface area contributed by atoms with E-state index in [1.807, 2.05) is 6.92 Å². The quantitative estimate of drug-likeness (QED) is 0.583. The van der Waals surface area contributed by atoms with Gasteiger partial charge in [0.25, 0.3) is 5.56 Å². The van der Waals surface area contributed by atoms with Gasteiger partial charge in [0.05, 0.1) is 6.04 Å². The molecule has 0 bridgehead atoms. The number of H-pyrrole nitrogens is 3. The van der Waals surface area contributed by atoms with Crippen LogP contribution in [0, 0.1) is 0 Å². The molecule has 0 radical (unpaired) electrons. The fourth-order valence-electron chi connectivity index (χ4n) is 1.44. The minimum atomic E-state index is -0.633. The molecule has 0 amide bonds. The molecular weight excluding hydrogens is 224 g/mol. The van der Waals surface area contributed by atoms with Crippen LogP contribution in [0.4, 0.5) is 5.82 Å². The molecule has 2 aromatic heterocycles. The summed E-state index contributed by atoms with van der Waals surface area (Å²) < 4.78 is 0. The SMILES string of the molecule is CCC(Nc1n[nH]c(=O)[nH]c1=O)c1ncc[nH]1. The summed E-state index contributed by atoms with van der Waals surface area (Å²) in [5.41, 5.74) is -1.19. The molecule has 1 unspecified atom stereocenters. The number of hydrogen-bond acceptors (Lipinski definition) is 5. The van der Waals surface area contributed by atoms with E-state index in [1.165, 1.54) is 0 Å². The Labute approximate surface area is 95.5 Å². The van der Waals surface area contributed by atoms with E-state index >= 15 is 0 Å². The molecule has 2 heterocycles. The van der Waals surface area contributed by atoms with E-state index in [0.29, 0.717) is 12.2 Å². The molecule has 0 saturated heterocycles. The average molecular weight is 236 g/mol. The predicted molar refractivity (Wildman–Crippen MR) is 60.7 cm³/mol. The number of aromatic amines is 3. The minimum Gasteiger partial charge on any atom is -0.354 e. The highest BCUT2D eigenvalue weighted by Crippen LogP contribution is 2.15. The third kappa shape index (κ3) is 2.41. The summed E-state index contributed by atoms with van der Waals surface area (Å²) in [7, 11) is 0. The molecule has 8 nitrogen and oxygen atoms in total. The van der Waals surface area contributed by atoms with Crippen molar-refractivity contribution in [2.24, 2.45) is 0 Å². The first-order chi connectivity index (χ1) is 8.20. The lowest BCUT2D eigenvalue weighted by Gasteiger charge is -2.13. The summed E-state index contributed by atoms with van der Waals surface area (Å²) in [5, 5.41) is 8.71. The Morgan fingerprint density at radius 1 is 1.47 bits per heavy atom. The van der Waals surface area contributed by atoms with Crippen LogP contribution in [0.15, 0.2) is 22.0 Å². The molecule has 0 aliphatic rings. The number of nitrogens with zero attached hydrogens (tertiary/aromatic N) is 2. The molecule has 1 atom stereocenters. The van der Waals surface area contributed by atoms with Gasteiger partial charge >= 0.3 is 5.69 Å². The van der Waals surface area contributed by atoms with Crippen LogP contribution in [-0.2, 0) is 0 Å². The maximum Gasteiger partial charge on any atom is 0.342 e. The minimum absolute atomic E-state index is 0.0628. The van der Waals surface area contributed by atoms with E-state index in [4.69, 9.17) is 0 Å². The Balaban J connectivity index is 2.25. The lowest BCUT2D eigenvalue weighted by atomic mass is 10.2. The fraction of sp³-hybridized carbons (Fsp3) is 0.333. The van der Waals surface area contributed by atoms with Crippen LogP contribution in [-0.4, -0.2) is 25.1 Å². The summed E-state index contributed by atoms with van der Waals surface area (Å²) in [6.45, 7) is 1.94. The smallest absolute Gasteiger partial charge is 0.342 e. The van der Waals surface area contributed by atoms with E-state index in [1.54, 1.807) is 12.4 Å². The second-order valence-corrected chi connectivity index (χ2v) is 3.44. The van der Waals surface area contributed by atoms with Crippen molar-refractivity contribution < 1.29 is 0 Å². The number of aromatic nitrogens is 5. The van der Waals surface area contributed by atoms with E-state index in [0.717, 1.165) is 0 Å². The molecule has 0 aromatic carbocycles. The summed E-state index contributed by atoms with van der Waals surface area (Å²) in [4.78, 5) is 31.4. The Kier molecular flexibility index (Phi) is 3.03. The molecule has 4 N–H and O–H groups in total. The number of anilines is 1. The van der Waals surface area contributed by atoms with Crippen molar-refractivity contribution in [3.63, 3.8) is 0 Å². The molecule has 0 aliphatic carbocycles. The largest absolute Gasteiger partial charge is 0.354 e. The average Bonchev–Trinajstić information content (AvgIpc) is 2.81. The van der Waals surface area contributed by atoms with Gasteiger partial charge in [-0.3, -0.25) is 9.78 Å². The lowest BCUT2D eigenvalue weighted by molar-refractivity contribution is 0.692. The van der Waals surface area contributed by atoms with Crippen molar-refractivity contribution in [1.82, 2.24) is 25.1 Å². The van der Waals surface area contributed by atoms with Crippen LogP contribution in [0.3, 0.4) is 0 Å². The standard InChI is InChI=1S/C9H12N6O2/c1-2-5(6-10-3-4-11-6)12-7-8(16)13-9(17)15-14-7/h3-5H,2H2,1H3,(H,10,11)(H,12,14)(H2,13,15,16,17). The third-order valence-corrected chi connectivity index (χ3v) is 2.28. The van der Waals surface area contributed by atoms with Crippen molar-refractivity contribution in [1.29, 1.82) is 0 Å². The van der Waals surface area contributed by atoms with Crippen molar-refractivity contribution in [3.8, 4) is 0 Å². The molecule has 0 saturated carbocycles. The Bertz CT molecular complexity index is 584. The fourth-order valence-corrected chi connectivity index (χ4v) is 1.44. The van der Waals surface area contributed by atoms with Crippen LogP contribution in [0.1, 0.15) is 25.2 Å². The second kappa shape index (κ2) is 4.64. The zero-order chi connectivity index (χ0) is 12.3. The zero-order valence-corrected chi connectivity index (χ0v) is 9.15. The van der Waals surface area contributed by atoms with Crippen LogP contribution in [0.2, 0.25) is 0 Å². The van der Waals surface area contributed by atoms with Gasteiger partial charge in [0.15, 0.2) is 0 Å². The predicted octanol–water partition coefficient (Wildman–Crippen LogP) is -0.256. The highest BCUT2D eigenvalue weighted by atomic mass is 16.2. The number of imidazole rings is 1. The highest BCUT2D eigenvalue weighted by Gasteiger charge is 2.13. The van der Waals surface area contributed by atoms with Gasteiger partial charge < -0.3 is 10.3 Å². The highest BCUT2D eigenvalue weighted by molar-refractivity contribution is 5.31. The Morgan fingerprint density at radius 3 is 2.88 bits per heavy atom. The summed E-state index contributed by atoms with van der Waals surface area (Å²) >= 11 is 0. The second-order valence-electron chi connectivity index (χ2n) is 3.44. The summed E-state index contributed by atoms with van der Waals surface area (Å²) in [5.74, 6) is 0.771. The lowest BCUT2D eigenvalue weighted by Crippen LogP contribution is -2.28. The van der Waals surface area contributed by atoms with E-state index in [9.17, 15) is 9.59 Å². The maximum absolute atomic E-state index is 11.4. The van der Waals surface area contributed by atoms with Gasteiger partial charge in [0.1, 0.15) is 5.82 Å². The molecular formula is C9H12N6O2. The van der Waals surface area contributed by atoms with Crippen molar-refractivity contribution in [2.45, 2.75) is 19.4 Å². The van der Waals surface area contributed by atoms with Gasteiger partial charge in [-0.05, 0) is 6.42 Å². The van der Waals surface area contributed by atoms with Gasteiger partial charge in [-0.1, -0.05) is 6.92 Å². The van der Waals surface area contributed by atoms with Crippen molar-refractivity contribution >= 4 is 5.82 Å². The first kappa shape index (κ1) is 11.1. The Hall–Kier alpha value is -2.38. The molecule has 2 rings (SSSR count). The van der Waals surface area contributed by atoms with Gasteiger partial charge in [0.2, 0.25) is 5.82 Å². The molecule has 0 spiro atoms. The monoisotopic (exact) mass is 236 g/mol. The van der Waals surface area contributed by atoms with E-state index in [-0.39, 0.29) is 11.9 Å². The molecule has 2 aromatic rings. The zero-order valence-electron chi connectivity index (χ0n) is 9.15. The molecule has 0 fully saturated rings. The maximum atomic E-state index is 11.4. The van der Waals surface area contributed by atoms with E-state index < -0.39 is 11.2 Å². The first-order valence-corrected chi connectivity index (χ1v) is 5.15. The number of nitrogens with one attached hydrogen (secondary N) is 4. The molecule has 8 heteroatoms. The van der Waals surface area contributed by atoms with Crippen LogP contribution >= 0.6 is 0 Å². The van der Waals surface area contributed by atoms with Crippen LogP contribution < -0.4 is 16.6 Å². The van der Waals surface area contributed by atoms with Crippen molar-refractivity contribution in [2.75, 3.05) is 5.32 Å². The van der Waals surface area contributed by atoms with Crippen molar-refractivity contribution in [3.05, 3.63) is 39.1 Å². The van der Waals surface area contributed by atoms with Gasteiger partial charge in [0, 0.05) is 12.4 Å². The van der Waals surface area contributed by atoms with Gasteiger partial charge in [-0.15, -0.1) is 5.10 Å².